The van der Waals surface area contributed by atoms with E-state index in [1.165, 1.54) is 19.3 Å². The third-order valence-corrected chi connectivity index (χ3v) is 5.85. The van der Waals surface area contributed by atoms with Gasteiger partial charge in [0.25, 0.3) is 0 Å². The molecule has 1 aliphatic rings. The molecular formula is C21H25N5O2S. The quantitative estimate of drug-likeness (QED) is 0.607. The number of aryl methyl sites for hydroxylation is 1. The molecule has 3 aromatic rings. The van der Waals surface area contributed by atoms with Crippen LogP contribution in [0.4, 0.5) is 5.82 Å². The van der Waals surface area contributed by atoms with E-state index in [-0.39, 0.29) is 5.91 Å². The third kappa shape index (κ3) is 5.41. The molecule has 4 rings (SSSR count). The van der Waals surface area contributed by atoms with E-state index < -0.39 is 0 Å². The molecule has 0 spiro atoms. The second-order valence-electron chi connectivity index (χ2n) is 7.19. The van der Waals surface area contributed by atoms with Crippen molar-refractivity contribution in [3.05, 3.63) is 47.3 Å². The minimum atomic E-state index is 0.0168. The number of aromatic nitrogens is 3. The zero-order valence-corrected chi connectivity index (χ0v) is 17.2. The van der Waals surface area contributed by atoms with Crippen LogP contribution in [0.2, 0.25) is 0 Å². The lowest BCUT2D eigenvalue weighted by atomic mass is 10.1. The second kappa shape index (κ2) is 9.65. The number of rotatable bonds is 8. The first kappa shape index (κ1) is 19.6. The lowest BCUT2D eigenvalue weighted by Crippen LogP contribution is -2.30. The van der Waals surface area contributed by atoms with Crippen molar-refractivity contribution >= 4 is 23.1 Å². The van der Waals surface area contributed by atoms with Gasteiger partial charge in [-0.05, 0) is 48.8 Å². The Hall–Kier alpha value is -2.74. The first-order chi connectivity index (χ1) is 14.3. The molecule has 0 radical (unpaired) electrons. The number of carbonyl (C=O) groups excluding carboxylic acids is 1. The Labute approximate surface area is 174 Å². The predicted molar refractivity (Wildman–Crippen MR) is 113 cm³/mol. The molecule has 0 atom stereocenters. The van der Waals surface area contributed by atoms with Crippen LogP contribution in [0.5, 0.6) is 0 Å². The van der Waals surface area contributed by atoms with Crippen molar-refractivity contribution in [2.24, 2.45) is 0 Å². The van der Waals surface area contributed by atoms with Gasteiger partial charge in [-0.25, -0.2) is 4.98 Å². The van der Waals surface area contributed by atoms with Crippen LogP contribution in [-0.4, -0.2) is 34.1 Å². The summed E-state index contributed by atoms with van der Waals surface area (Å²) >= 11 is 1.57. The Balaban J connectivity index is 1.17. The van der Waals surface area contributed by atoms with Crippen LogP contribution in [0.3, 0.4) is 0 Å². The van der Waals surface area contributed by atoms with E-state index in [0.29, 0.717) is 37.5 Å². The Morgan fingerprint density at radius 1 is 1.21 bits per heavy atom. The molecule has 1 aliphatic heterocycles. The van der Waals surface area contributed by atoms with E-state index in [9.17, 15) is 4.79 Å². The minimum absolute atomic E-state index is 0.0168. The first-order valence-electron chi connectivity index (χ1n) is 10.1. The van der Waals surface area contributed by atoms with Crippen molar-refractivity contribution in [1.29, 1.82) is 0 Å². The van der Waals surface area contributed by atoms with E-state index >= 15 is 0 Å². The summed E-state index contributed by atoms with van der Waals surface area (Å²) in [5.41, 5.74) is 1.01. The summed E-state index contributed by atoms with van der Waals surface area (Å²) in [6.45, 7) is 2.66. The summed E-state index contributed by atoms with van der Waals surface area (Å²) in [7, 11) is 0. The molecule has 7 nitrogen and oxygen atoms in total. The molecule has 4 heterocycles. The van der Waals surface area contributed by atoms with Gasteiger partial charge >= 0.3 is 0 Å². The number of nitrogens with one attached hydrogen (secondary N) is 1. The van der Waals surface area contributed by atoms with Gasteiger partial charge in [0.15, 0.2) is 0 Å². The van der Waals surface area contributed by atoms with E-state index in [4.69, 9.17) is 4.52 Å². The molecule has 1 amide bonds. The number of hydrogen-bond donors (Lipinski definition) is 1. The van der Waals surface area contributed by atoms with Gasteiger partial charge in [0, 0.05) is 38.7 Å². The van der Waals surface area contributed by atoms with E-state index in [1.807, 2.05) is 35.8 Å². The lowest BCUT2D eigenvalue weighted by molar-refractivity contribution is -0.121. The van der Waals surface area contributed by atoms with Crippen LogP contribution in [0.1, 0.15) is 43.6 Å². The Kier molecular flexibility index (Phi) is 6.51. The van der Waals surface area contributed by atoms with Crippen molar-refractivity contribution in [1.82, 2.24) is 20.4 Å². The van der Waals surface area contributed by atoms with Crippen LogP contribution in [0.15, 0.2) is 40.4 Å². The fourth-order valence-electron chi connectivity index (χ4n) is 3.38. The Bertz CT molecular complexity index is 902. The van der Waals surface area contributed by atoms with Gasteiger partial charge in [-0.3, -0.25) is 4.79 Å². The molecular weight excluding hydrogens is 386 g/mol. The topological polar surface area (TPSA) is 84.1 Å². The zero-order chi connectivity index (χ0) is 19.9. The average Bonchev–Trinajstić information content (AvgIpc) is 3.45. The number of hydrogen-bond acceptors (Lipinski definition) is 7. The van der Waals surface area contributed by atoms with Crippen molar-refractivity contribution in [3.8, 4) is 10.7 Å². The van der Waals surface area contributed by atoms with Crippen molar-refractivity contribution in [2.75, 3.05) is 18.0 Å². The van der Waals surface area contributed by atoms with E-state index in [1.54, 1.807) is 11.3 Å². The van der Waals surface area contributed by atoms with Gasteiger partial charge in [-0.1, -0.05) is 17.3 Å². The monoisotopic (exact) mass is 411 g/mol. The second-order valence-corrected chi connectivity index (χ2v) is 8.14. The van der Waals surface area contributed by atoms with Crippen LogP contribution >= 0.6 is 11.3 Å². The van der Waals surface area contributed by atoms with Crippen LogP contribution in [-0.2, 0) is 17.8 Å². The van der Waals surface area contributed by atoms with E-state index in [0.717, 1.165) is 29.3 Å². The summed E-state index contributed by atoms with van der Waals surface area (Å²) in [6, 6.07) is 8.01. The van der Waals surface area contributed by atoms with Crippen LogP contribution < -0.4 is 10.2 Å². The molecule has 1 N–H and O–H groups in total. The number of carbonyl (C=O) groups is 1. The smallest absolute Gasteiger partial charge is 0.226 e. The molecule has 152 valence electrons. The number of amides is 1. The molecule has 0 saturated carbocycles. The fraction of sp³-hybridized carbons (Fsp3) is 0.429. The maximum absolute atomic E-state index is 12.1. The first-order valence-corrected chi connectivity index (χ1v) is 11.0. The molecule has 8 heteroatoms. The summed E-state index contributed by atoms with van der Waals surface area (Å²) < 4.78 is 5.26. The fourth-order valence-corrected chi connectivity index (χ4v) is 4.03. The van der Waals surface area contributed by atoms with Crippen molar-refractivity contribution in [3.63, 3.8) is 0 Å². The zero-order valence-electron chi connectivity index (χ0n) is 16.3. The van der Waals surface area contributed by atoms with Gasteiger partial charge in [0.1, 0.15) is 5.82 Å². The highest BCUT2D eigenvalue weighted by Crippen LogP contribution is 2.21. The van der Waals surface area contributed by atoms with Gasteiger partial charge in [-0.2, -0.15) is 4.98 Å². The normalized spacial score (nSPS) is 14.1. The predicted octanol–water partition coefficient (Wildman–Crippen LogP) is 3.82. The molecule has 0 aromatic carbocycles. The van der Waals surface area contributed by atoms with Gasteiger partial charge < -0.3 is 14.7 Å². The molecule has 3 aromatic heterocycles. The summed E-state index contributed by atoms with van der Waals surface area (Å²) in [5, 5.41) is 8.92. The van der Waals surface area contributed by atoms with Crippen molar-refractivity contribution in [2.45, 2.75) is 45.1 Å². The lowest BCUT2D eigenvalue weighted by Gasteiger charge is -2.27. The maximum atomic E-state index is 12.1. The maximum Gasteiger partial charge on any atom is 0.226 e. The average molecular weight is 412 g/mol. The summed E-state index contributed by atoms with van der Waals surface area (Å²) in [4.78, 5) is 24.4. The molecule has 1 fully saturated rings. The summed E-state index contributed by atoms with van der Waals surface area (Å²) in [5.74, 6) is 2.23. The standard InChI is InChI=1S/C21H25N5O2S/c27-19(7-4-8-20-24-21(25-28-20)17-6-5-13-29-17)23-15-16-9-10-18(22-14-16)26-11-2-1-3-12-26/h5-6,9-10,13-14H,1-4,7-8,11-12,15H2,(H,23,27). The largest absolute Gasteiger partial charge is 0.357 e. The highest BCUT2D eigenvalue weighted by Gasteiger charge is 2.12. The Morgan fingerprint density at radius 2 is 2.10 bits per heavy atom. The van der Waals surface area contributed by atoms with Gasteiger partial charge in [-0.15, -0.1) is 11.3 Å². The van der Waals surface area contributed by atoms with Crippen LogP contribution in [0, 0.1) is 0 Å². The highest BCUT2D eigenvalue weighted by atomic mass is 32.1. The SMILES string of the molecule is O=C(CCCc1nc(-c2cccs2)no1)NCc1ccc(N2CCCCC2)nc1. The van der Waals surface area contributed by atoms with Gasteiger partial charge in [0.05, 0.1) is 4.88 Å². The van der Waals surface area contributed by atoms with E-state index in [2.05, 4.69) is 25.3 Å². The highest BCUT2D eigenvalue weighted by molar-refractivity contribution is 7.13. The van der Waals surface area contributed by atoms with Gasteiger partial charge in [0.2, 0.25) is 17.6 Å². The summed E-state index contributed by atoms with van der Waals surface area (Å²) in [6.07, 6.45) is 7.33. The van der Waals surface area contributed by atoms with Crippen LogP contribution in [0.25, 0.3) is 10.7 Å². The molecule has 0 bridgehead atoms. The minimum Gasteiger partial charge on any atom is -0.357 e. The molecule has 0 unspecified atom stereocenters. The number of anilines is 1. The third-order valence-electron chi connectivity index (χ3n) is 4.98. The number of piperidine rings is 1. The molecule has 29 heavy (non-hydrogen) atoms. The molecule has 0 aliphatic carbocycles. The number of thiophene rings is 1. The molecule has 1 saturated heterocycles. The van der Waals surface area contributed by atoms with Crippen molar-refractivity contribution < 1.29 is 9.32 Å². The number of nitrogens with zero attached hydrogens (tertiary/aromatic N) is 4. The number of pyridine rings is 1. The Morgan fingerprint density at radius 3 is 2.86 bits per heavy atom.